The largest absolute Gasteiger partial charge is 0.465 e. The summed E-state index contributed by atoms with van der Waals surface area (Å²) in [7, 11) is 0. The average molecular weight is 317 g/mol. The molecule has 0 saturated heterocycles. The molecule has 0 saturated carbocycles. The highest BCUT2D eigenvalue weighted by atomic mass is 32.1. The molecule has 0 atom stereocenters. The predicted molar refractivity (Wildman–Crippen MR) is 85.6 cm³/mol. The second kappa shape index (κ2) is 6.75. The zero-order chi connectivity index (χ0) is 15.4. The number of benzene rings is 1. The summed E-state index contributed by atoms with van der Waals surface area (Å²) in [5, 5.41) is 2.84. The van der Waals surface area contributed by atoms with Crippen molar-refractivity contribution in [3.63, 3.8) is 0 Å². The van der Waals surface area contributed by atoms with E-state index in [9.17, 15) is 9.18 Å². The molecule has 5 heteroatoms. The molecule has 2 heterocycles. The number of carbonyl (C=O) groups excluding carboxylic acids is 1. The van der Waals surface area contributed by atoms with Gasteiger partial charge in [-0.2, -0.15) is 0 Å². The zero-order valence-corrected chi connectivity index (χ0v) is 12.8. The van der Waals surface area contributed by atoms with Gasteiger partial charge in [-0.05, 0) is 48.1 Å². The van der Waals surface area contributed by atoms with Gasteiger partial charge in [-0.25, -0.2) is 4.39 Å². The molecule has 0 fully saturated rings. The number of ether oxygens (including phenoxy) is 1. The maximum atomic E-state index is 13.3. The summed E-state index contributed by atoms with van der Waals surface area (Å²) in [6, 6.07) is 8.55. The van der Waals surface area contributed by atoms with Crippen LogP contribution in [0.4, 0.5) is 4.39 Å². The first-order chi connectivity index (χ1) is 10.7. The number of hydrogen-bond donors (Lipinski definition) is 1. The van der Waals surface area contributed by atoms with Gasteiger partial charge in [0, 0.05) is 22.0 Å². The number of aromatic amines is 1. The quantitative estimate of drug-likeness (QED) is 0.549. The molecule has 3 aromatic rings. The summed E-state index contributed by atoms with van der Waals surface area (Å²) in [6.45, 7) is 0.381. The van der Waals surface area contributed by atoms with Gasteiger partial charge < -0.3 is 9.72 Å². The smallest absolute Gasteiger partial charge is 0.311 e. The van der Waals surface area contributed by atoms with Crippen molar-refractivity contribution in [3.05, 3.63) is 58.2 Å². The molecule has 3 rings (SSSR count). The Morgan fingerprint density at radius 1 is 1.32 bits per heavy atom. The van der Waals surface area contributed by atoms with Crippen LogP contribution in [0.1, 0.15) is 16.9 Å². The zero-order valence-electron chi connectivity index (χ0n) is 12.0. The molecule has 2 aromatic heterocycles. The Bertz CT molecular complexity index is 764. The number of hydrogen-bond acceptors (Lipinski definition) is 3. The van der Waals surface area contributed by atoms with Crippen LogP contribution >= 0.6 is 11.3 Å². The molecule has 1 aromatic carbocycles. The van der Waals surface area contributed by atoms with E-state index in [0.717, 1.165) is 34.2 Å². The summed E-state index contributed by atoms with van der Waals surface area (Å²) in [4.78, 5) is 15.8. The lowest BCUT2D eigenvalue weighted by Gasteiger charge is -2.04. The van der Waals surface area contributed by atoms with Gasteiger partial charge in [-0.1, -0.05) is 6.07 Å². The number of esters is 1. The second-order valence-electron chi connectivity index (χ2n) is 5.08. The number of halogens is 1. The fraction of sp³-hybridized carbons (Fsp3) is 0.235. The van der Waals surface area contributed by atoms with Crippen molar-refractivity contribution in [2.45, 2.75) is 19.3 Å². The van der Waals surface area contributed by atoms with Crippen LogP contribution in [0.15, 0.2) is 41.9 Å². The predicted octanol–water partition coefficient (Wildman–Crippen LogP) is 4.09. The fourth-order valence-electron chi connectivity index (χ4n) is 2.41. The molecular weight excluding hydrogens is 301 g/mol. The first-order valence-corrected chi connectivity index (χ1v) is 8.04. The standard InChI is InChI=1S/C17H16FNO2S/c18-13-5-6-16-15(9-13)12(11-19-16)3-1-7-21-17(20)10-14-4-2-8-22-14/h2,4-6,8-9,11,19H,1,3,7,10H2. The minimum absolute atomic E-state index is 0.201. The SMILES string of the molecule is O=C(Cc1cccs1)OCCCc1c[nH]c2ccc(F)cc12. The van der Waals surface area contributed by atoms with Gasteiger partial charge >= 0.3 is 5.97 Å². The minimum atomic E-state index is -0.240. The molecule has 0 unspecified atom stereocenters. The third-order valence-electron chi connectivity index (χ3n) is 3.48. The molecular formula is C17H16FNO2S. The lowest BCUT2D eigenvalue weighted by Crippen LogP contribution is -2.08. The van der Waals surface area contributed by atoms with E-state index in [0.29, 0.717) is 13.0 Å². The van der Waals surface area contributed by atoms with Crippen molar-refractivity contribution < 1.29 is 13.9 Å². The summed E-state index contributed by atoms with van der Waals surface area (Å²) in [6.07, 6.45) is 3.68. The maximum Gasteiger partial charge on any atom is 0.311 e. The van der Waals surface area contributed by atoms with Crippen molar-refractivity contribution in [3.8, 4) is 0 Å². The lowest BCUT2D eigenvalue weighted by molar-refractivity contribution is -0.142. The molecule has 3 nitrogen and oxygen atoms in total. The third kappa shape index (κ3) is 3.54. The Morgan fingerprint density at radius 3 is 3.05 bits per heavy atom. The van der Waals surface area contributed by atoms with Crippen molar-refractivity contribution in [2.75, 3.05) is 6.61 Å². The van der Waals surface area contributed by atoms with Gasteiger partial charge in [0.2, 0.25) is 0 Å². The monoisotopic (exact) mass is 317 g/mol. The fourth-order valence-corrected chi connectivity index (χ4v) is 3.10. The van der Waals surface area contributed by atoms with Crippen molar-refractivity contribution in [2.24, 2.45) is 0 Å². The molecule has 22 heavy (non-hydrogen) atoms. The highest BCUT2D eigenvalue weighted by Gasteiger charge is 2.07. The van der Waals surface area contributed by atoms with Crippen LogP contribution < -0.4 is 0 Å². The van der Waals surface area contributed by atoms with Crippen LogP contribution in [0.3, 0.4) is 0 Å². The van der Waals surface area contributed by atoms with Gasteiger partial charge in [-0.15, -0.1) is 11.3 Å². The van der Waals surface area contributed by atoms with Crippen LogP contribution in [-0.4, -0.2) is 17.6 Å². The summed E-state index contributed by atoms with van der Waals surface area (Å²) in [5.74, 6) is -0.442. The van der Waals surface area contributed by atoms with Crippen molar-refractivity contribution >= 4 is 28.2 Å². The minimum Gasteiger partial charge on any atom is -0.465 e. The lowest BCUT2D eigenvalue weighted by atomic mass is 10.1. The van der Waals surface area contributed by atoms with E-state index in [2.05, 4.69) is 4.98 Å². The maximum absolute atomic E-state index is 13.3. The van der Waals surface area contributed by atoms with Crippen LogP contribution in [0.25, 0.3) is 10.9 Å². The van der Waals surface area contributed by atoms with E-state index in [-0.39, 0.29) is 11.8 Å². The molecule has 0 aliphatic heterocycles. The van der Waals surface area contributed by atoms with Crippen molar-refractivity contribution in [1.29, 1.82) is 0 Å². The van der Waals surface area contributed by atoms with Crippen LogP contribution in [0, 0.1) is 5.82 Å². The molecule has 1 N–H and O–H groups in total. The summed E-state index contributed by atoms with van der Waals surface area (Å²) in [5.41, 5.74) is 1.97. The van der Waals surface area contributed by atoms with E-state index in [1.807, 2.05) is 23.7 Å². The van der Waals surface area contributed by atoms with E-state index in [1.54, 1.807) is 17.4 Å². The number of aromatic nitrogens is 1. The molecule has 0 amide bonds. The Kier molecular flexibility index (Phi) is 4.53. The number of rotatable bonds is 6. The molecule has 0 aliphatic carbocycles. The number of fused-ring (bicyclic) bond motifs is 1. The van der Waals surface area contributed by atoms with E-state index in [1.165, 1.54) is 12.1 Å². The van der Waals surface area contributed by atoms with Crippen LogP contribution in [0.5, 0.6) is 0 Å². The molecule has 114 valence electrons. The first kappa shape index (κ1) is 14.8. The van der Waals surface area contributed by atoms with Crippen molar-refractivity contribution in [1.82, 2.24) is 4.98 Å². The van der Waals surface area contributed by atoms with Crippen LogP contribution in [0.2, 0.25) is 0 Å². The molecule has 0 spiro atoms. The van der Waals surface area contributed by atoms with Gasteiger partial charge in [0.1, 0.15) is 5.82 Å². The molecule has 0 bridgehead atoms. The summed E-state index contributed by atoms with van der Waals surface area (Å²) >= 11 is 1.55. The van der Waals surface area contributed by atoms with E-state index in [4.69, 9.17) is 4.74 Å². The van der Waals surface area contributed by atoms with Gasteiger partial charge in [-0.3, -0.25) is 4.79 Å². The third-order valence-corrected chi connectivity index (χ3v) is 4.36. The average Bonchev–Trinajstić information content (AvgIpc) is 3.13. The Hall–Kier alpha value is -2.14. The van der Waals surface area contributed by atoms with Gasteiger partial charge in [0.15, 0.2) is 0 Å². The first-order valence-electron chi connectivity index (χ1n) is 7.16. The Morgan fingerprint density at radius 2 is 2.23 bits per heavy atom. The molecule has 0 aliphatic rings. The Labute approximate surface area is 131 Å². The van der Waals surface area contributed by atoms with Gasteiger partial charge in [0.25, 0.3) is 0 Å². The van der Waals surface area contributed by atoms with Gasteiger partial charge in [0.05, 0.1) is 13.0 Å². The number of carbonyl (C=O) groups is 1. The number of H-pyrrole nitrogens is 1. The number of nitrogens with one attached hydrogen (secondary N) is 1. The topological polar surface area (TPSA) is 42.1 Å². The molecule has 0 radical (unpaired) electrons. The highest BCUT2D eigenvalue weighted by molar-refractivity contribution is 7.10. The van der Waals surface area contributed by atoms with E-state index < -0.39 is 0 Å². The summed E-state index contributed by atoms with van der Waals surface area (Å²) < 4.78 is 18.5. The number of aryl methyl sites for hydroxylation is 1. The Balaban J connectivity index is 1.48. The van der Waals surface area contributed by atoms with E-state index >= 15 is 0 Å². The van der Waals surface area contributed by atoms with Crippen LogP contribution in [-0.2, 0) is 22.4 Å². The second-order valence-corrected chi connectivity index (χ2v) is 6.12. The number of thiophene rings is 1. The highest BCUT2D eigenvalue weighted by Crippen LogP contribution is 2.20. The normalized spacial score (nSPS) is 11.0.